The van der Waals surface area contributed by atoms with Gasteiger partial charge in [0, 0.05) is 0 Å². The van der Waals surface area contributed by atoms with Gasteiger partial charge in [-0.05, 0) is 32.0 Å². The Bertz CT molecular complexity index is 226. The van der Waals surface area contributed by atoms with Gasteiger partial charge in [0.05, 0.1) is 5.60 Å². The van der Waals surface area contributed by atoms with E-state index in [9.17, 15) is 0 Å². The van der Waals surface area contributed by atoms with Gasteiger partial charge in [-0.25, -0.2) is 0 Å². The molecule has 0 spiro atoms. The maximum absolute atomic E-state index is 7.14. The van der Waals surface area contributed by atoms with Crippen molar-refractivity contribution in [3.63, 3.8) is 0 Å². The standard InChI is InChI=1S/C11H21OSi.BrH.Mg/c1-9-11(5,6)12-13(7,8)10(2,3)4;;/h2-8H3;1H;/q-1;;+2/p-1. The average molecular weight is 302 g/mol. The summed E-state index contributed by atoms with van der Waals surface area (Å²) in [4.78, 5) is 0. The van der Waals surface area contributed by atoms with E-state index in [1.165, 1.54) is 0 Å². The molecule has 0 aliphatic rings. The molecule has 84 valence electrons. The third kappa shape index (κ3) is 7.01. The topological polar surface area (TPSA) is 9.23 Å². The van der Waals surface area contributed by atoms with Crippen molar-refractivity contribution in [2.75, 3.05) is 0 Å². The quantitative estimate of drug-likeness (QED) is 0.396. The Morgan fingerprint density at radius 3 is 1.60 bits per heavy atom. The Kier molecular flexibility index (Phi) is 9.44. The summed E-state index contributed by atoms with van der Waals surface area (Å²) in [7, 11) is -1.74. The number of hydrogen-bond acceptors (Lipinski definition) is 1. The van der Waals surface area contributed by atoms with Gasteiger partial charge in [-0.3, -0.25) is 0 Å². The van der Waals surface area contributed by atoms with Crippen LogP contribution in [0.1, 0.15) is 34.6 Å². The Hall–Kier alpha value is 0.983. The second-order valence-corrected chi connectivity index (χ2v) is 10.2. The van der Waals surface area contributed by atoms with E-state index in [4.69, 9.17) is 10.8 Å². The van der Waals surface area contributed by atoms with Crippen LogP contribution in [-0.4, -0.2) is 37.0 Å². The smallest absolute Gasteiger partial charge is 1.00 e. The maximum Gasteiger partial charge on any atom is 2.00 e. The molecule has 0 aliphatic heterocycles. The van der Waals surface area contributed by atoms with E-state index in [1.54, 1.807) is 0 Å². The molecule has 15 heavy (non-hydrogen) atoms. The van der Waals surface area contributed by atoms with Crippen LogP contribution in [0.2, 0.25) is 18.1 Å². The van der Waals surface area contributed by atoms with E-state index in [-0.39, 0.29) is 45.1 Å². The summed E-state index contributed by atoms with van der Waals surface area (Å²) in [5.41, 5.74) is -0.539. The number of hydrogen-bond donors (Lipinski definition) is 0. The molecule has 0 heterocycles. The molecule has 0 unspecified atom stereocenters. The Balaban J connectivity index is -0.000000720. The van der Waals surface area contributed by atoms with Crippen LogP contribution in [0.5, 0.6) is 0 Å². The van der Waals surface area contributed by atoms with Crippen molar-refractivity contribution in [1.29, 1.82) is 0 Å². The predicted molar refractivity (Wildman–Crippen MR) is 65.2 cm³/mol. The van der Waals surface area contributed by atoms with Gasteiger partial charge >= 0.3 is 23.1 Å². The fraction of sp³-hybridized carbons (Fsp3) is 0.818. The second kappa shape index (κ2) is 6.65. The molecule has 1 nitrogen and oxygen atoms in total. The van der Waals surface area contributed by atoms with Crippen molar-refractivity contribution in [3.8, 4) is 5.92 Å². The average Bonchev–Trinajstić information content (AvgIpc) is 1.83. The summed E-state index contributed by atoms with van der Waals surface area (Å²) < 4.78 is 5.98. The van der Waals surface area contributed by atoms with Crippen molar-refractivity contribution < 1.29 is 21.4 Å². The minimum atomic E-state index is -1.74. The predicted octanol–water partition coefficient (Wildman–Crippen LogP) is -0.000210. The molecule has 0 radical (unpaired) electrons. The third-order valence-electron chi connectivity index (χ3n) is 2.62. The summed E-state index contributed by atoms with van der Waals surface area (Å²) >= 11 is 0. The first-order chi connectivity index (χ1) is 5.52. The van der Waals surface area contributed by atoms with Crippen molar-refractivity contribution in [3.05, 3.63) is 6.42 Å². The van der Waals surface area contributed by atoms with Crippen LogP contribution in [0.3, 0.4) is 0 Å². The Labute approximate surface area is 123 Å². The summed E-state index contributed by atoms with van der Waals surface area (Å²) in [6, 6.07) is 0. The summed E-state index contributed by atoms with van der Waals surface area (Å²) in [6.07, 6.45) is 7.14. The Morgan fingerprint density at radius 2 is 1.40 bits per heavy atom. The summed E-state index contributed by atoms with van der Waals surface area (Å²) in [6.45, 7) is 14.7. The zero-order chi connectivity index (χ0) is 10.9. The van der Waals surface area contributed by atoms with Crippen LogP contribution >= 0.6 is 0 Å². The van der Waals surface area contributed by atoms with Crippen LogP contribution in [0.25, 0.3) is 0 Å². The monoisotopic (exact) mass is 300 g/mol. The minimum absolute atomic E-state index is 0. The molecule has 0 aromatic carbocycles. The molecule has 0 aromatic heterocycles. The molecule has 0 N–H and O–H groups in total. The third-order valence-corrected chi connectivity index (χ3v) is 7.25. The van der Waals surface area contributed by atoms with Crippen molar-refractivity contribution >= 4 is 31.4 Å². The molecule has 0 aromatic rings. The van der Waals surface area contributed by atoms with Gasteiger partial charge < -0.3 is 33.8 Å². The molecular formula is C11H21BrMgOSi. The number of halogens is 1. The van der Waals surface area contributed by atoms with Gasteiger partial charge in [-0.15, -0.1) is 0 Å². The molecule has 0 fully saturated rings. The molecule has 0 aliphatic carbocycles. The van der Waals surface area contributed by atoms with Gasteiger partial charge in [0.25, 0.3) is 0 Å². The van der Waals surface area contributed by atoms with E-state index < -0.39 is 13.9 Å². The first-order valence-electron chi connectivity index (χ1n) is 4.66. The molecule has 4 heteroatoms. The van der Waals surface area contributed by atoms with E-state index in [1.807, 2.05) is 13.8 Å². The van der Waals surface area contributed by atoms with Crippen LogP contribution in [0.4, 0.5) is 0 Å². The molecule has 0 saturated carbocycles. The summed E-state index contributed by atoms with van der Waals surface area (Å²) in [5, 5.41) is 0.196. The van der Waals surface area contributed by atoms with Gasteiger partial charge in [-0.2, -0.15) is 0 Å². The molecule has 0 bridgehead atoms. The van der Waals surface area contributed by atoms with E-state index in [2.05, 4.69) is 39.8 Å². The van der Waals surface area contributed by atoms with E-state index >= 15 is 0 Å². The summed E-state index contributed by atoms with van der Waals surface area (Å²) in [5.74, 6) is 2.43. The SMILES string of the molecule is [Br-].[C-]#CC(C)(C)O[Si](C)(C)C(C)(C)C.[Mg+2]. The van der Waals surface area contributed by atoms with Crippen molar-refractivity contribution in [2.24, 2.45) is 0 Å². The fourth-order valence-electron chi connectivity index (χ4n) is 0.816. The zero-order valence-corrected chi connectivity index (χ0v) is 15.0. The van der Waals surface area contributed by atoms with E-state index in [0.717, 1.165) is 0 Å². The van der Waals surface area contributed by atoms with Crippen LogP contribution in [0.15, 0.2) is 0 Å². The molecular weight excluding hydrogens is 280 g/mol. The van der Waals surface area contributed by atoms with Crippen LogP contribution < -0.4 is 17.0 Å². The van der Waals surface area contributed by atoms with Gasteiger partial charge in [-0.1, -0.05) is 20.8 Å². The fourth-order valence-corrected chi connectivity index (χ4v) is 2.45. The van der Waals surface area contributed by atoms with Crippen molar-refractivity contribution in [1.82, 2.24) is 0 Å². The minimum Gasteiger partial charge on any atom is -1.00 e. The van der Waals surface area contributed by atoms with Crippen LogP contribution in [0, 0.1) is 12.3 Å². The largest absolute Gasteiger partial charge is 2.00 e. The van der Waals surface area contributed by atoms with Gasteiger partial charge in [0.15, 0.2) is 8.32 Å². The second-order valence-electron chi connectivity index (χ2n) is 5.50. The number of rotatable bonds is 2. The van der Waals surface area contributed by atoms with Gasteiger partial charge in [0.1, 0.15) is 0 Å². The molecule has 0 amide bonds. The van der Waals surface area contributed by atoms with E-state index in [0.29, 0.717) is 0 Å². The van der Waals surface area contributed by atoms with Gasteiger partial charge in [0.2, 0.25) is 0 Å². The zero-order valence-electron chi connectivity index (χ0n) is 11.0. The first kappa shape index (κ1) is 21.3. The molecule has 0 rings (SSSR count). The molecule has 0 saturated heterocycles. The van der Waals surface area contributed by atoms with Crippen molar-refractivity contribution in [2.45, 2.75) is 58.4 Å². The Morgan fingerprint density at radius 1 is 1.07 bits per heavy atom. The first-order valence-corrected chi connectivity index (χ1v) is 7.57. The maximum atomic E-state index is 7.14. The molecule has 0 atom stereocenters. The normalized spacial score (nSPS) is 12.1. The van der Waals surface area contributed by atoms with Crippen LogP contribution in [-0.2, 0) is 4.43 Å².